The quantitative estimate of drug-likeness (QED) is 0.335. The summed E-state index contributed by atoms with van der Waals surface area (Å²) in [5.74, 6) is -0.957. The van der Waals surface area contributed by atoms with E-state index in [0.29, 0.717) is 17.8 Å². The normalized spacial score (nSPS) is 20.1. The summed E-state index contributed by atoms with van der Waals surface area (Å²) in [4.78, 5) is 26.3. The highest BCUT2D eigenvalue weighted by molar-refractivity contribution is 7.91. The zero-order valence-corrected chi connectivity index (χ0v) is 25.7. The van der Waals surface area contributed by atoms with Crippen molar-refractivity contribution in [3.05, 3.63) is 28.9 Å². The van der Waals surface area contributed by atoms with Gasteiger partial charge in [-0.1, -0.05) is 11.6 Å². The Kier molecular flexibility index (Phi) is 10.5. The predicted molar refractivity (Wildman–Crippen MR) is 153 cm³/mol. The maximum Gasteiger partial charge on any atom is 0.408 e. The van der Waals surface area contributed by atoms with Crippen molar-refractivity contribution in [2.45, 2.75) is 70.5 Å². The smallest absolute Gasteiger partial charge is 0.408 e. The Morgan fingerprint density at radius 3 is 2.40 bits per heavy atom. The Hall–Kier alpha value is -3.00. The summed E-state index contributed by atoms with van der Waals surface area (Å²) in [5.41, 5.74) is -0.317. The number of carbonyl (C=O) groups is 2. The maximum absolute atomic E-state index is 13.3. The van der Waals surface area contributed by atoms with E-state index in [1.807, 2.05) is 0 Å². The van der Waals surface area contributed by atoms with Crippen molar-refractivity contribution < 1.29 is 40.7 Å². The predicted octanol–water partition coefficient (Wildman–Crippen LogP) is 4.86. The van der Waals surface area contributed by atoms with Gasteiger partial charge in [0.1, 0.15) is 21.6 Å². The van der Waals surface area contributed by atoms with Crippen molar-refractivity contribution in [2.24, 2.45) is 5.41 Å². The van der Waals surface area contributed by atoms with Crippen LogP contribution in [-0.2, 0) is 25.9 Å². The number of methoxy groups -OCH3 is 1. The van der Waals surface area contributed by atoms with Crippen LogP contribution in [0.2, 0.25) is 5.02 Å². The second-order valence-electron chi connectivity index (χ2n) is 10.4. The topological polar surface area (TPSA) is 129 Å². The van der Waals surface area contributed by atoms with Crippen molar-refractivity contribution in [3.8, 4) is 17.0 Å². The van der Waals surface area contributed by atoms with Crippen LogP contribution in [0.5, 0.6) is 5.75 Å². The van der Waals surface area contributed by atoms with Crippen LogP contribution in [0.15, 0.2) is 18.2 Å². The minimum absolute atomic E-state index is 0.0111. The van der Waals surface area contributed by atoms with E-state index < -0.39 is 44.6 Å². The maximum atomic E-state index is 13.3. The lowest BCUT2D eigenvalue weighted by atomic mass is 9.73. The number of hydrogen-bond donors (Lipinski definition) is 2. The van der Waals surface area contributed by atoms with Crippen LogP contribution >= 0.6 is 11.6 Å². The molecule has 0 radical (unpaired) electrons. The first kappa shape index (κ1) is 33.5. The van der Waals surface area contributed by atoms with E-state index in [4.69, 9.17) is 21.1 Å². The molecule has 1 aliphatic carbocycles. The first-order chi connectivity index (χ1) is 19.6. The number of hydrogen-bond acceptors (Lipinski definition) is 8. The number of aromatic nitrogens is 2. The van der Waals surface area contributed by atoms with E-state index in [-0.39, 0.29) is 61.0 Å². The summed E-state index contributed by atoms with van der Waals surface area (Å²) < 4.78 is 75.4. The first-order valence-electron chi connectivity index (χ1n) is 13.5. The lowest BCUT2D eigenvalue weighted by Crippen LogP contribution is -2.47. The third kappa shape index (κ3) is 7.31. The Balaban J connectivity index is 1.88. The number of aryl methyl sites for hydroxylation is 1. The number of carbonyl (C=O) groups excluding carboxylic acids is 2. The zero-order valence-electron chi connectivity index (χ0n) is 24.1. The fourth-order valence-electron chi connectivity index (χ4n) is 5.02. The van der Waals surface area contributed by atoms with Crippen LogP contribution in [0.25, 0.3) is 11.3 Å². The first-order valence-corrected chi connectivity index (χ1v) is 15.8. The Bertz CT molecular complexity index is 1410. The van der Waals surface area contributed by atoms with Gasteiger partial charge in [0.25, 0.3) is 5.91 Å². The van der Waals surface area contributed by atoms with Gasteiger partial charge in [-0.2, -0.15) is 18.3 Å². The van der Waals surface area contributed by atoms with Gasteiger partial charge in [-0.25, -0.2) is 8.42 Å². The molecule has 1 amide bonds. The molecule has 1 aliphatic rings. The third-order valence-electron chi connectivity index (χ3n) is 7.53. The van der Waals surface area contributed by atoms with Gasteiger partial charge in [-0.3, -0.25) is 14.3 Å². The molecule has 1 aromatic heterocycles. The number of halogens is 4. The summed E-state index contributed by atoms with van der Waals surface area (Å²) in [6.45, 7) is 4.77. The number of rotatable bonds is 11. The Morgan fingerprint density at radius 2 is 1.88 bits per heavy atom. The van der Waals surface area contributed by atoms with E-state index >= 15 is 0 Å². The van der Waals surface area contributed by atoms with E-state index in [1.165, 1.54) is 36.2 Å². The molecule has 2 aromatic rings. The third-order valence-corrected chi connectivity index (χ3v) is 9.57. The van der Waals surface area contributed by atoms with Crippen LogP contribution in [-0.4, -0.2) is 74.1 Å². The van der Waals surface area contributed by atoms with Gasteiger partial charge in [0.05, 0.1) is 35.1 Å². The van der Waals surface area contributed by atoms with Gasteiger partial charge in [0.2, 0.25) is 0 Å². The highest BCUT2D eigenvalue weighted by Crippen LogP contribution is 2.41. The van der Waals surface area contributed by atoms with Crippen LogP contribution in [0, 0.1) is 5.41 Å². The summed E-state index contributed by atoms with van der Waals surface area (Å²) in [5, 5.41) is 8.89. The number of amides is 1. The molecule has 234 valence electrons. The monoisotopic (exact) mass is 636 g/mol. The molecule has 0 spiro atoms. The molecule has 3 rings (SSSR count). The second-order valence-corrected chi connectivity index (χ2v) is 13.1. The van der Waals surface area contributed by atoms with Crippen molar-refractivity contribution in [3.63, 3.8) is 0 Å². The van der Waals surface area contributed by atoms with E-state index in [0.717, 1.165) is 6.92 Å². The molecular formula is C27H36ClF3N4O6S. The molecule has 42 heavy (non-hydrogen) atoms. The second kappa shape index (κ2) is 13.1. The lowest BCUT2D eigenvalue weighted by molar-refractivity contribution is -0.157. The molecule has 0 bridgehead atoms. The number of ether oxygens (including phenoxy) is 2. The average molecular weight is 637 g/mol. The molecule has 1 fully saturated rings. The number of esters is 1. The number of nitrogens with zero attached hydrogens (tertiary/aromatic N) is 2. The summed E-state index contributed by atoms with van der Waals surface area (Å²) >= 11 is 6.67. The van der Waals surface area contributed by atoms with Crippen LogP contribution < -0.4 is 15.4 Å². The standard InChI is InChI=1S/C27H36ClF3N4O6S/c1-6-35-23(19-9-8-17(14-20(19)40-4)33-16(3)27(29,30)31)21(28)22(34-35)24(36)32-15-26(25(37)41-7-2)12-10-18(11-13-26)42(5,38)39/h8-9,14,16,18,33H,6-7,10-13,15H2,1-5H3,(H,32,36)/t16-,18-,26-/m1/s1. The van der Waals surface area contributed by atoms with Gasteiger partial charge in [0, 0.05) is 36.7 Å². The number of nitrogens with one attached hydrogen (secondary N) is 2. The minimum atomic E-state index is -4.45. The molecule has 10 nitrogen and oxygen atoms in total. The Labute approximate surface area is 248 Å². The van der Waals surface area contributed by atoms with Gasteiger partial charge >= 0.3 is 12.1 Å². The SMILES string of the molecule is CCOC(=O)[C@]1(CNC(=O)c2nn(CC)c(-c3ccc(N[C@H](C)C(F)(F)F)cc3OC)c2Cl)CC[C@@H](S(C)(=O)=O)CC1. The summed E-state index contributed by atoms with van der Waals surface area (Å²) in [6.07, 6.45) is -2.32. The largest absolute Gasteiger partial charge is 0.496 e. The van der Waals surface area contributed by atoms with E-state index in [1.54, 1.807) is 13.8 Å². The molecule has 0 aliphatic heterocycles. The summed E-state index contributed by atoms with van der Waals surface area (Å²) in [7, 11) is -1.92. The molecule has 1 aromatic carbocycles. The molecule has 0 unspecified atom stereocenters. The minimum Gasteiger partial charge on any atom is -0.496 e. The molecule has 1 atom stereocenters. The average Bonchev–Trinajstić information content (AvgIpc) is 3.26. The van der Waals surface area contributed by atoms with Crippen molar-refractivity contribution in [1.29, 1.82) is 0 Å². The molecule has 0 saturated heterocycles. The van der Waals surface area contributed by atoms with Gasteiger partial charge in [0.15, 0.2) is 5.69 Å². The lowest BCUT2D eigenvalue weighted by Gasteiger charge is -2.37. The van der Waals surface area contributed by atoms with E-state index in [2.05, 4.69) is 15.7 Å². The highest BCUT2D eigenvalue weighted by atomic mass is 35.5. The molecule has 1 heterocycles. The number of benzene rings is 1. The van der Waals surface area contributed by atoms with Crippen molar-refractivity contribution in [1.82, 2.24) is 15.1 Å². The Morgan fingerprint density at radius 1 is 1.24 bits per heavy atom. The fourth-order valence-corrected chi connectivity index (χ4v) is 6.44. The zero-order chi connectivity index (χ0) is 31.5. The summed E-state index contributed by atoms with van der Waals surface area (Å²) in [6, 6.07) is 2.57. The van der Waals surface area contributed by atoms with E-state index in [9.17, 15) is 31.2 Å². The van der Waals surface area contributed by atoms with Crippen LogP contribution in [0.4, 0.5) is 18.9 Å². The van der Waals surface area contributed by atoms with Gasteiger partial charge < -0.3 is 20.1 Å². The van der Waals surface area contributed by atoms with Crippen LogP contribution in [0.3, 0.4) is 0 Å². The highest BCUT2D eigenvalue weighted by Gasteiger charge is 2.45. The van der Waals surface area contributed by atoms with Crippen molar-refractivity contribution in [2.75, 3.05) is 31.8 Å². The van der Waals surface area contributed by atoms with Crippen LogP contribution in [0.1, 0.15) is 56.9 Å². The molecule has 1 saturated carbocycles. The molecule has 15 heteroatoms. The van der Waals surface area contributed by atoms with Crippen molar-refractivity contribution >= 4 is 39.0 Å². The molecule has 2 N–H and O–H groups in total. The van der Waals surface area contributed by atoms with Gasteiger partial charge in [-0.15, -0.1) is 0 Å². The number of sulfone groups is 1. The molecular weight excluding hydrogens is 601 g/mol. The number of anilines is 1. The number of alkyl halides is 3. The van der Waals surface area contributed by atoms with Gasteiger partial charge in [-0.05, 0) is 58.6 Å². The fraction of sp³-hybridized carbons (Fsp3) is 0.593.